The van der Waals surface area contributed by atoms with Gasteiger partial charge in [0.2, 0.25) is 5.91 Å². The van der Waals surface area contributed by atoms with Gasteiger partial charge >= 0.3 is 0 Å². The summed E-state index contributed by atoms with van der Waals surface area (Å²) in [4.78, 5) is 25.8. The van der Waals surface area contributed by atoms with Gasteiger partial charge in [0.1, 0.15) is 0 Å². The predicted octanol–water partition coefficient (Wildman–Crippen LogP) is -0.0525. The molecule has 5 heteroatoms. The van der Waals surface area contributed by atoms with E-state index in [4.69, 9.17) is 0 Å². The van der Waals surface area contributed by atoms with Gasteiger partial charge in [-0.15, -0.1) is 0 Å². The minimum absolute atomic E-state index is 0.104. The molecule has 0 aliphatic rings. The maximum absolute atomic E-state index is 11.4. The first kappa shape index (κ1) is 11.2. The maximum atomic E-state index is 11.4. The van der Waals surface area contributed by atoms with E-state index in [0.717, 1.165) is 0 Å². The number of hydrogen-bond acceptors (Lipinski definition) is 3. The van der Waals surface area contributed by atoms with Crippen LogP contribution in [-0.2, 0) is 4.79 Å². The Hall–Kier alpha value is -1.91. The van der Waals surface area contributed by atoms with Crippen molar-refractivity contribution in [2.24, 2.45) is 0 Å². The third-order valence-electron chi connectivity index (χ3n) is 1.73. The van der Waals surface area contributed by atoms with Crippen molar-refractivity contribution in [2.75, 3.05) is 13.1 Å². The van der Waals surface area contributed by atoms with Gasteiger partial charge in [-0.3, -0.25) is 14.6 Å². The number of nitrogens with zero attached hydrogens (tertiary/aromatic N) is 1. The fourth-order valence-corrected chi connectivity index (χ4v) is 1.02. The Morgan fingerprint density at radius 2 is 1.80 bits per heavy atom. The molecule has 80 valence electrons. The van der Waals surface area contributed by atoms with Gasteiger partial charge in [0, 0.05) is 38.0 Å². The molecule has 0 radical (unpaired) electrons. The lowest BCUT2D eigenvalue weighted by Crippen LogP contribution is -2.33. The highest BCUT2D eigenvalue weighted by molar-refractivity contribution is 5.93. The average Bonchev–Trinajstić information content (AvgIpc) is 2.25. The quantitative estimate of drug-likeness (QED) is 0.680. The molecule has 0 unspecified atom stereocenters. The smallest absolute Gasteiger partial charge is 0.251 e. The zero-order valence-corrected chi connectivity index (χ0v) is 8.49. The van der Waals surface area contributed by atoms with Gasteiger partial charge in [-0.2, -0.15) is 0 Å². The maximum Gasteiger partial charge on any atom is 0.251 e. The summed E-state index contributed by atoms with van der Waals surface area (Å²) >= 11 is 0. The second-order valence-electron chi connectivity index (χ2n) is 2.97. The van der Waals surface area contributed by atoms with Gasteiger partial charge in [0.25, 0.3) is 5.91 Å². The van der Waals surface area contributed by atoms with E-state index in [1.807, 2.05) is 0 Å². The fraction of sp³-hybridized carbons (Fsp3) is 0.300. The SMILES string of the molecule is CC(=O)NCCNC(=O)c1ccncc1. The Bertz CT molecular complexity index is 338. The zero-order chi connectivity index (χ0) is 11.1. The Kier molecular flexibility index (Phi) is 4.28. The van der Waals surface area contributed by atoms with Crippen molar-refractivity contribution in [3.8, 4) is 0 Å². The Balaban J connectivity index is 2.28. The first-order valence-corrected chi connectivity index (χ1v) is 4.63. The van der Waals surface area contributed by atoms with Crippen molar-refractivity contribution in [1.29, 1.82) is 0 Å². The van der Waals surface area contributed by atoms with Crippen LogP contribution < -0.4 is 10.6 Å². The first-order valence-electron chi connectivity index (χ1n) is 4.63. The largest absolute Gasteiger partial charge is 0.355 e. The summed E-state index contributed by atoms with van der Waals surface area (Å²) in [6.07, 6.45) is 3.12. The molecule has 1 rings (SSSR count). The topological polar surface area (TPSA) is 71.1 Å². The van der Waals surface area contributed by atoms with Crippen LogP contribution in [0, 0.1) is 0 Å². The van der Waals surface area contributed by atoms with Crippen molar-refractivity contribution in [3.05, 3.63) is 30.1 Å². The van der Waals surface area contributed by atoms with E-state index in [2.05, 4.69) is 15.6 Å². The molecule has 0 spiro atoms. The summed E-state index contributed by atoms with van der Waals surface area (Å²) in [7, 11) is 0. The molecule has 0 aromatic carbocycles. The van der Waals surface area contributed by atoms with Crippen LogP contribution >= 0.6 is 0 Å². The van der Waals surface area contributed by atoms with Crippen LogP contribution in [0.25, 0.3) is 0 Å². The monoisotopic (exact) mass is 207 g/mol. The van der Waals surface area contributed by atoms with E-state index in [0.29, 0.717) is 18.7 Å². The molecule has 0 atom stereocenters. The summed E-state index contributed by atoms with van der Waals surface area (Å²) in [5, 5.41) is 5.26. The second-order valence-corrected chi connectivity index (χ2v) is 2.97. The van der Waals surface area contributed by atoms with Crippen molar-refractivity contribution in [1.82, 2.24) is 15.6 Å². The number of amides is 2. The summed E-state index contributed by atoms with van der Waals surface area (Å²) in [5.41, 5.74) is 0.563. The van der Waals surface area contributed by atoms with Crippen LogP contribution in [0.1, 0.15) is 17.3 Å². The minimum Gasteiger partial charge on any atom is -0.355 e. The van der Waals surface area contributed by atoms with Crippen LogP contribution in [0.15, 0.2) is 24.5 Å². The third kappa shape index (κ3) is 4.21. The van der Waals surface area contributed by atoms with E-state index in [-0.39, 0.29) is 11.8 Å². The van der Waals surface area contributed by atoms with Crippen molar-refractivity contribution in [2.45, 2.75) is 6.92 Å². The molecule has 1 heterocycles. The normalized spacial score (nSPS) is 9.40. The van der Waals surface area contributed by atoms with Gasteiger partial charge in [0.05, 0.1) is 0 Å². The second kappa shape index (κ2) is 5.74. The van der Waals surface area contributed by atoms with Crippen LogP contribution in [-0.4, -0.2) is 29.9 Å². The number of hydrogen-bond donors (Lipinski definition) is 2. The van der Waals surface area contributed by atoms with E-state index >= 15 is 0 Å². The lowest BCUT2D eigenvalue weighted by Gasteiger charge is -2.04. The highest BCUT2D eigenvalue weighted by Gasteiger charge is 2.02. The molecular weight excluding hydrogens is 194 g/mol. The standard InChI is InChI=1S/C10H13N3O2/c1-8(14)12-6-7-13-10(15)9-2-4-11-5-3-9/h2-5H,6-7H2,1H3,(H,12,14)(H,13,15). The molecule has 15 heavy (non-hydrogen) atoms. The lowest BCUT2D eigenvalue weighted by molar-refractivity contribution is -0.118. The third-order valence-corrected chi connectivity index (χ3v) is 1.73. The van der Waals surface area contributed by atoms with E-state index in [1.54, 1.807) is 24.5 Å². The predicted molar refractivity (Wildman–Crippen MR) is 55.3 cm³/mol. The number of aromatic nitrogens is 1. The van der Waals surface area contributed by atoms with Crippen molar-refractivity contribution >= 4 is 11.8 Å². The molecule has 0 aliphatic carbocycles. The Labute approximate surface area is 87.9 Å². The number of rotatable bonds is 4. The molecule has 2 amide bonds. The molecule has 0 fully saturated rings. The molecule has 0 bridgehead atoms. The number of nitrogens with one attached hydrogen (secondary N) is 2. The molecule has 0 saturated heterocycles. The molecule has 1 aromatic heterocycles. The van der Waals surface area contributed by atoms with E-state index < -0.39 is 0 Å². The molecule has 0 saturated carbocycles. The zero-order valence-electron chi connectivity index (χ0n) is 8.49. The minimum atomic E-state index is -0.164. The Morgan fingerprint density at radius 1 is 1.20 bits per heavy atom. The van der Waals surface area contributed by atoms with Crippen molar-refractivity contribution in [3.63, 3.8) is 0 Å². The highest BCUT2D eigenvalue weighted by Crippen LogP contribution is 1.94. The molecule has 1 aromatic rings. The molecular formula is C10H13N3O2. The molecule has 2 N–H and O–H groups in total. The molecule has 0 aliphatic heterocycles. The summed E-state index contributed by atoms with van der Waals surface area (Å²) in [6.45, 7) is 2.29. The number of carbonyl (C=O) groups is 2. The number of carbonyl (C=O) groups excluding carboxylic acids is 2. The van der Waals surface area contributed by atoms with Gasteiger partial charge in [-0.1, -0.05) is 0 Å². The van der Waals surface area contributed by atoms with Gasteiger partial charge in [0.15, 0.2) is 0 Å². The average molecular weight is 207 g/mol. The van der Waals surface area contributed by atoms with Crippen LogP contribution in [0.2, 0.25) is 0 Å². The summed E-state index contributed by atoms with van der Waals surface area (Å²) < 4.78 is 0. The van der Waals surface area contributed by atoms with Gasteiger partial charge < -0.3 is 10.6 Å². The summed E-state index contributed by atoms with van der Waals surface area (Å²) in [5.74, 6) is -0.268. The Morgan fingerprint density at radius 3 is 2.40 bits per heavy atom. The van der Waals surface area contributed by atoms with Gasteiger partial charge in [-0.05, 0) is 12.1 Å². The van der Waals surface area contributed by atoms with Crippen LogP contribution in [0.3, 0.4) is 0 Å². The molecule has 5 nitrogen and oxygen atoms in total. The van der Waals surface area contributed by atoms with E-state index in [9.17, 15) is 9.59 Å². The first-order chi connectivity index (χ1) is 7.20. The lowest BCUT2D eigenvalue weighted by atomic mass is 10.2. The van der Waals surface area contributed by atoms with Crippen LogP contribution in [0.5, 0.6) is 0 Å². The van der Waals surface area contributed by atoms with Gasteiger partial charge in [-0.25, -0.2) is 0 Å². The highest BCUT2D eigenvalue weighted by atomic mass is 16.2. The summed E-state index contributed by atoms with van der Waals surface area (Å²) in [6, 6.07) is 3.27. The van der Waals surface area contributed by atoms with Crippen molar-refractivity contribution < 1.29 is 9.59 Å². The number of pyridine rings is 1. The fourth-order valence-electron chi connectivity index (χ4n) is 1.02. The van der Waals surface area contributed by atoms with E-state index in [1.165, 1.54) is 6.92 Å². The van der Waals surface area contributed by atoms with Crippen LogP contribution in [0.4, 0.5) is 0 Å².